The molecule has 0 saturated heterocycles. The van der Waals surface area contributed by atoms with Gasteiger partial charge >= 0.3 is 6.03 Å². The van der Waals surface area contributed by atoms with Crippen LogP contribution in [0.5, 0.6) is 0 Å². The number of ether oxygens (including phenoxy) is 1. The van der Waals surface area contributed by atoms with E-state index in [4.69, 9.17) is 4.74 Å². The number of rotatable bonds is 3. The standard InChI is InChI=1S/C15H22N4O3/c1-18-10-17-12-8-19(7-4-11(12)13(18)20)14(21)16-9-15(22-2)5-3-6-15/h10H,3-9H2,1-2H3,(H,16,21). The largest absolute Gasteiger partial charge is 0.376 e. The summed E-state index contributed by atoms with van der Waals surface area (Å²) in [5, 5.41) is 2.95. The lowest BCUT2D eigenvalue weighted by Gasteiger charge is -2.41. The summed E-state index contributed by atoms with van der Waals surface area (Å²) in [6.45, 7) is 1.46. The summed E-state index contributed by atoms with van der Waals surface area (Å²) in [5.74, 6) is 0. The van der Waals surface area contributed by atoms with Gasteiger partial charge in [0.15, 0.2) is 0 Å². The van der Waals surface area contributed by atoms with Crippen molar-refractivity contribution in [1.29, 1.82) is 0 Å². The molecule has 0 spiro atoms. The second kappa shape index (κ2) is 5.72. The highest BCUT2D eigenvalue weighted by Gasteiger charge is 2.37. The molecule has 0 bridgehead atoms. The third-order valence-corrected chi connectivity index (χ3v) is 4.83. The van der Waals surface area contributed by atoms with Crippen molar-refractivity contribution in [2.24, 2.45) is 7.05 Å². The van der Waals surface area contributed by atoms with Gasteiger partial charge in [-0.05, 0) is 25.7 Å². The molecule has 0 atom stereocenters. The molecule has 1 N–H and O–H groups in total. The smallest absolute Gasteiger partial charge is 0.317 e. The number of nitrogens with zero attached hydrogens (tertiary/aromatic N) is 3. The minimum atomic E-state index is -0.183. The number of hydrogen-bond donors (Lipinski definition) is 1. The number of aromatic nitrogens is 2. The minimum Gasteiger partial charge on any atom is -0.376 e. The number of nitrogens with one attached hydrogen (secondary N) is 1. The molecule has 3 rings (SSSR count). The van der Waals surface area contributed by atoms with Crippen molar-refractivity contribution in [3.05, 3.63) is 27.9 Å². The average Bonchev–Trinajstić information content (AvgIpc) is 2.50. The normalized spacial score (nSPS) is 19.3. The first-order valence-electron chi connectivity index (χ1n) is 7.66. The van der Waals surface area contributed by atoms with Crippen molar-refractivity contribution in [3.8, 4) is 0 Å². The van der Waals surface area contributed by atoms with Gasteiger partial charge in [-0.2, -0.15) is 0 Å². The van der Waals surface area contributed by atoms with Crippen molar-refractivity contribution in [2.75, 3.05) is 20.2 Å². The number of carbonyl (C=O) groups is 1. The van der Waals surface area contributed by atoms with Gasteiger partial charge in [-0.25, -0.2) is 9.78 Å². The summed E-state index contributed by atoms with van der Waals surface area (Å²) < 4.78 is 6.99. The summed E-state index contributed by atoms with van der Waals surface area (Å²) >= 11 is 0. The van der Waals surface area contributed by atoms with Crippen LogP contribution in [0.3, 0.4) is 0 Å². The summed E-state index contributed by atoms with van der Waals surface area (Å²) in [4.78, 5) is 30.3. The predicted molar refractivity (Wildman–Crippen MR) is 80.6 cm³/mol. The number of urea groups is 1. The first-order valence-corrected chi connectivity index (χ1v) is 7.66. The molecule has 1 aromatic heterocycles. The number of aryl methyl sites for hydroxylation is 1. The monoisotopic (exact) mass is 306 g/mol. The Morgan fingerprint density at radius 2 is 2.27 bits per heavy atom. The van der Waals surface area contributed by atoms with E-state index in [9.17, 15) is 9.59 Å². The Hall–Kier alpha value is -1.89. The second-order valence-corrected chi connectivity index (χ2v) is 6.16. The summed E-state index contributed by atoms with van der Waals surface area (Å²) in [7, 11) is 3.39. The Balaban J connectivity index is 1.63. The van der Waals surface area contributed by atoms with Crippen LogP contribution in [0, 0.1) is 0 Å². The Bertz CT molecular complexity index is 631. The SMILES string of the molecule is COC1(CNC(=O)N2CCc3c(ncn(C)c3=O)C2)CCC1. The van der Waals surface area contributed by atoms with Gasteiger partial charge < -0.3 is 19.5 Å². The highest BCUT2D eigenvalue weighted by Crippen LogP contribution is 2.34. The van der Waals surface area contributed by atoms with Gasteiger partial charge in [-0.1, -0.05) is 0 Å². The zero-order valence-electron chi connectivity index (χ0n) is 13.1. The highest BCUT2D eigenvalue weighted by molar-refractivity contribution is 5.74. The number of fused-ring (bicyclic) bond motifs is 1. The maximum absolute atomic E-state index is 12.3. The van der Waals surface area contributed by atoms with Crippen LogP contribution in [0.1, 0.15) is 30.5 Å². The first kappa shape index (κ1) is 15.0. The lowest BCUT2D eigenvalue weighted by atomic mass is 9.80. The first-order chi connectivity index (χ1) is 10.5. The minimum absolute atomic E-state index is 0.0159. The van der Waals surface area contributed by atoms with Gasteiger partial charge in [0.25, 0.3) is 5.56 Å². The molecule has 7 heteroatoms. The number of hydrogen-bond acceptors (Lipinski definition) is 4. The van der Waals surface area contributed by atoms with E-state index in [1.165, 1.54) is 10.9 Å². The van der Waals surface area contributed by atoms with Gasteiger partial charge in [0, 0.05) is 32.8 Å². The molecule has 22 heavy (non-hydrogen) atoms. The Morgan fingerprint density at radius 1 is 1.50 bits per heavy atom. The van der Waals surface area contributed by atoms with Crippen molar-refractivity contribution in [3.63, 3.8) is 0 Å². The van der Waals surface area contributed by atoms with Crippen molar-refractivity contribution >= 4 is 6.03 Å². The van der Waals surface area contributed by atoms with E-state index in [2.05, 4.69) is 10.3 Å². The van der Waals surface area contributed by atoms with Crippen LogP contribution >= 0.6 is 0 Å². The molecule has 7 nitrogen and oxygen atoms in total. The lowest BCUT2D eigenvalue weighted by Crippen LogP contribution is -2.53. The molecule has 1 aromatic rings. The average molecular weight is 306 g/mol. The number of carbonyl (C=O) groups excluding carboxylic acids is 1. The second-order valence-electron chi connectivity index (χ2n) is 6.16. The molecule has 0 unspecified atom stereocenters. The molecule has 2 amide bonds. The van der Waals surface area contributed by atoms with E-state index in [0.29, 0.717) is 31.7 Å². The molecule has 1 aliphatic heterocycles. The van der Waals surface area contributed by atoms with Gasteiger partial charge in [0.2, 0.25) is 0 Å². The lowest BCUT2D eigenvalue weighted by molar-refractivity contribution is -0.0679. The molecule has 2 heterocycles. The molecule has 1 aliphatic carbocycles. The van der Waals surface area contributed by atoms with Crippen molar-refractivity contribution in [2.45, 2.75) is 37.8 Å². The van der Waals surface area contributed by atoms with E-state index >= 15 is 0 Å². The van der Waals surface area contributed by atoms with Crippen LogP contribution in [0.25, 0.3) is 0 Å². The molecule has 2 aliphatic rings. The maximum atomic E-state index is 12.3. The molecule has 120 valence electrons. The summed E-state index contributed by atoms with van der Waals surface area (Å²) in [5.41, 5.74) is 1.23. The fourth-order valence-corrected chi connectivity index (χ4v) is 3.06. The van der Waals surface area contributed by atoms with Crippen LogP contribution in [-0.2, 0) is 24.8 Å². The van der Waals surface area contributed by atoms with E-state index in [-0.39, 0.29) is 17.2 Å². The van der Waals surface area contributed by atoms with Crippen LogP contribution in [0.4, 0.5) is 4.79 Å². The fraction of sp³-hybridized carbons (Fsp3) is 0.667. The third-order valence-electron chi connectivity index (χ3n) is 4.83. The van der Waals surface area contributed by atoms with Gasteiger partial charge in [0.1, 0.15) is 0 Å². The number of methoxy groups -OCH3 is 1. The predicted octanol–water partition coefficient (Wildman–Crippen LogP) is 0.417. The summed E-state index contributed by atoms with van der Waals surface area (Å²) in [6, 6.07) is -0.114. The zero-order valence-corrected chi connectivity index (χ0v) is 13.1. The Kier molecular flexibility index (Phi) is 3.90. The maximum Gasteiger partial charge on any atom is 0.317 e. The van der Waals surface area contributed by atoms with Gasteiger partial charge in [-0.15, -0.1) is 0 Å². The van der Waals surface area contributed by atoms with Crippen molar-refractivity contribution in [1.82, 2.24) is 19.8 Å². The Morgan fingerprint density at radius 3 is 2.91 bits per heavy atom. The summed E-state index contributed by atoms with van der Waals surface area (Å²) in [6.07, 6.45) is 5.19. The van der Waals surface area contributed by atoms with E-state index in [1.54, 1.807) is 19.1 Å². The topological polar surface area (TPSA) is 76.5 Å². The van der Waals surface area contributed by atoms with Crippen LogP contribution in [-0.4, -0.2) is 46.3 Å². The van der Waals surface area contributed by atoms with E-state index in [1.807, 2.05) is 0 Å². The Labute approximate surface area is 129 Å². The van der Waals surface area contributed by atoms with Gasteiger partial charge in [0.05, 0.1) is 24.2 Å². The fourth-order valence-electron chi connectivity index (χ4n) is 3.06. The molecular weight excluding hydrogens is 284 g/mol. The quantitative estimate of drug-likeness (QED) is 0.878. The van der Waals surface area contributed by atoms with Crippen LogP contribution in [0.15, 0.2) is 11.1 Å². The van der Waals surface area contributed by atoms with E-state index in [0.717, 1.165) is 24.8 Å². The molecule has 0 aromatic carbocycles. The highest BCUT2D eigenvalue weighted by atomic mass is 16.5. The van der Waals surface area contributed by atoms with E-state index < -0.39 is 0 Å². The third kappa shape index (κ3) is 2.61. The van der Waals surface area contributed by atoms with Crippen LogP contribution in [0.2, 0.25) is 0 Å². The van der Waals surface area contributed by atoms with Crippen molar-refractivity contribution < 1.29 is 9.53 Å². The molecular formula is C15H22N4O3. The number of amides is 2. The van der Waals surface area contributed by atoms with Crippen LogP contribution < -0.4 is 10.9 Å². The molecule has 1 fully saturated rings. The molecule has 0 radical (unpaired) electrons. The zero-order chi connectivity index (χ0) is 15.7. The molecule has 1 saturated carbocycles. The van der Waals surface area contributed by atoms with Gasteiger partial charge in [-0.3, -0.25) is 4.79 Å².